The first-order valence-electron chi connectivity index (χ1n) is 9.21. The summed E-state index contributed by atoms with van der Waals surface area (Å²) in [6, 6.07) is 24.8. The third kappa shape index (κ3) is 4.96. The zero-order valence-electron chi connectivity index (χ0n) is 16.0. The number of benzene rings is 3. The van der Waals surface area contributed by atoms with Crippen molar-refractivity contribution in [1.29, 1.82) is 0 Å². The maximum atomic E-state index is 13.0. The molecular weight excluding hydrogens is 366 g/mol. The van der Waals surface area contributed by atoms with E-state index in [1.165, 1.54) is 0 Å². The van der Waals surface area contributed by atoms with Crippen LogP contribution in [0.15, 0.2) is 84.9 Å². The molecule has 0 aliphatic rings. The van der Waals surface area contributed by atoms with Crippen molar-refractivity contribution in [3.63, 3.8) is 0 Å². The molecule has 3 rings (SSSR count). The van der Waals surface area contributed by atoms with Crippen LogP contribution in [0.5, 0.6) is 0 Å². The Morgan fingerprint density at radius 1 is 0.828 bits per heavy atom. The van der Waals surface area contributed by atoms with Gasteiger partial charge in [0.2, 0.25) is 0 Å². The molecule has 0 aliphatic carbocycles. The SMILES string of the molecule is COC(=O)C(=O)[C@H](Cc1ccccc1)NC(=O)c1ccccc1-c1ccccc1. The fourth-order valence-corrected chi connectivity index (χ4v) is 3.09. The van der Waals surface area contributed by atoms with Crippen LogP contribution in [0.4, 0.5) is 0 Å². The minimum atomic E-state index is -1.03. The number of esters is 1. The van der Waals surface area contributed by atoms with Gasteiger partial charge in [-0.3, -0.25) is 9.59 Å². The Bertz CT molecular complexity index is 1000. The predicted molar refractivity (Wildman–Crippen MR) is 110 cm³/mol. The summed E-state index contributed by atoms with van der Waals surface area (Å²) in [5.41, 5.74) is 2.88. The zero-order chi connectivity index (χ0) is 20.6. The molecule has 0 saturated carbocycles. The van der Waals surface area contributed by atoms with Gasteiger partial charge in [-0.05, 0) is 22.8 Å². The molecule has 3 aromatic carbocycles. The van der Waals surface area contributed by atoms with Gasteiger partial charge in [0.15, 0.2) is 0 Å². The number of Topliss-reactive ketones (excluding diaryl/α,β-unsaturated/α-hetero) is 1. The summed E-state index contributed by atoms with van der Waals surface area (Å²) in [6.45, 7) is 0. The zero-order valence-corrected chi connectivity index (χ0v) is 16.0. The second-order valence-corrected chi connectivity index (χ2v) is 6.48. The lowest BCUT2D eigenvalue weighted by Crippen LogP contribution is -2.45. The lowest BCUT2D eigenvalue weighted by atomic mass is 9.97. The van der Waals surface area contributed by atoms with Crippen molar-refractivity contribution < 1.29 is 19.1 Å². The molecule has 1 atom stereocenters. The van der Waals surface area contributed by atoms with Crippen molar-refractivity contribution in [2.45, 2.75) is 12.5 Å². The maximum Gasteiger partial charge on any atom is 0.376 e. The number of ether oxygens (including phenoxy) is 1. The molecule has 0 aromatic heterocycles. The molecule has 29 heavy (non-hydrogen) atoms. The first-order chi connectivity index (χ1) is 14.1. The first-order valence-corrected chi connectivity index (χ1v) is 9.21. The van der Waals surface area contributed by atoms with Gasteiger partial charge in [-0.25, -0.2) is 4.79 Å². The second kappa shape index (κ2) is 9.46. The highest BCUT2D eigenvalue weighted by atomic mass is 16.5. The number of hydrogen-bond acceptors (Lipinski definition) is 4. The molecule has 0 unspecified atom stereocenters. The molecular formula is C24H21NO4. The molecule has 0 aliphatic heterocycles. The molecule has 5 nitrogen and oxygen atoms in total. The molecule has 1 N–H and O–H groups in total. The molecule has 0 spiro atoms. The number of methoxy groups -OCH3 is 1. The van der Waals surface area contributed by atoms with Gasteiger partial charge in [-0.2, -0.15) is 0 Å². The van der Waals surface area contributed by atoms with Gasteiger partial charge in [0.1, 0.15) is 6.04 Å². The second-order valence-electron chi connectivity index (χ2n) is 6.48. The Hall–Kier alpha value is -3.73. The number of carbonyl (C=O) groups excluding carboxylic acids is 3. The van der Waals surface area contributed by atoms with Crippen LogP contribution in [0.25, 0.3) is 11.1 Å². The van der Waals surface area contributed by atoms with Crippen molar-refractivity contribution in [2.24, 2.45) is 0 Å². The van der Waals surface area contributed by atoms with Crippen LogP contribution in [0.1, 0.15) is 15.9 Å². The van der Waals surface area contributed by atoms with Crippen molar-refractivity contribution >= 4 is 17.7 Å². The van der Waals surface area contributed by atoms with Crippen LogP contribution in [0, 0.1) is 0 Å². The number of ketones is 1. The summed E-state index contributed by atoms with van der Waals surface area (Å²) in [7, 11) is 1.15. The first kappa shape index (κ1) is 20.0. The topological polar surface area (TPSA) is 72.5 Å². The summed E-state index contributed by atoms with van der Waals surface area (Å²) < 4.78 is 4.57. The van der Waals surface area contributed by atoms with Crippen LogP contribution in [-0.2, 0) is 20.7 Å². The molecule has 1 amide bonds. The monoisotopic (exact) mass is 387 g/mol. The van der Waals surface area contributed by atoms with E-state index in [9.17, 15) is 14.4 Å². The summed E-state index contributed by atoms with van der Waals surface area (Å²) in [5.74, 6) is -2.20. The van der Waals surface area contributed by atoms with Crippen molar-refractivity contribution in [1.82, 2.24) is 5.32 Å². The lowest BCUT2D eigenvalue weighted by Gasteiger charge is -2.18. The molecule has 146 valence electrons. The molecule has 0 radical (unpaired) electrons. The molecule has 0 saturated heterocycles. The largest absolute Gasteiger partial charge is 0.463 e. The van der Waals surface area contributed by atoms with Crippen molar-refractivity contribution in [3.8, 4) is 11.1 Å². The van der Waals surface area contributed by atoms with Crippen LogP contribution in [0.2, 0.25) is 0 Å². The molecule has 0 heterocycles. The predicted octanol–water partition coefficient (Wildman–Crippen LogP) is 3.44. The highest BCUT2D eigenvalue weighted by Gasteiger charge is 2.28. The quantitative estimate of drug-likeness (QED) is 0.498. The fourth-order valence-electron chi connectivity index (χ4n) is 3.09. The Kier molecular flexibility index (Phi) is 6.53. The third-order valence-electron chi connectivity index (χ3n) is 4.55. The maximum absolute atomic E-state index is 13.0. The number of carbonyl (C=O) groups is 3. The van der Waals surface area contributed by atoms with E-state index in [0.717, 1.165) is 23.8 Å². The minimum absolute atomic E-state index is 0.189. The Morgan fingerprint density at radius 3 is 2.07 bits per heavy atom. The summed E-state index contributed by atoms with van der Waals surface area (Å²) >= 11 is 0. The minimum Gasteiger partial charge on any atom is -0.463 e. The highest BCUT2D eigenvalue weighted by Crippen LogP contribution is 2.23. The number of hydrogen-bond donors (Lipinski definition) is 1. The van der Waals surface area contributed by atoms with Crippen LogP contribution in [-0.4, -0.2) is 30.8 Å². The van der Waals surface area contributed by atoms with Gasteiger partial charge < -0.3 is 10.1 Å². The smallest absolute Gasteiger partial charge is 0.376 e. The van der Waals surface area contributed by atoms with Crippen molar-refractivity contribution in [3.05, 3.63) is 96.1 Å². The highest BCUT2D eigenvalue weighted by molar-refractivity contribution is 6.36. The number of amides is 1. The van der Waals surface area contributed by atoms with E-state index in [0.29, 0.717) is 5.56 Å². The Balaban J connectivity index is 1.89. The van der Waals surface area contributed by atoms with E-state index in [2.05, 4.69) is 10.1 Å². The molecule has 5 heteroatoms. The van der Waals surface area contributed by atoms with Crippen LogP contribution in [0.3, 0.4) is 0 Å². The Labute approximate surface area is 169 Å². The van der Waals surface area contributed by atoms with E-state index >= 15 is 0 Å². The normalized spacial score (nSPS) is 11.3. The van der Waals surface area contributed by atoms with E-state index < -0.39 is 23.7 Å². The van der Waals surface area contributed by atoms with E-state index in [1.54, 1.807) is 12.1 Å². The van der Waals surface area contributed by atoms with Gasteiger partial charge >= 0.3 is 5.97 Å². The fraction of sp³-hybridized carbons (Fsp3) is 0.125. The third-order valence-corrected chi connectivity index (χ3v) is 4.55. The summed E-state index contributed by atoms with van der Waals surface area (Å²) in [4.78, 5) is 37.4. The van der Waals surface area contributed by atoms with E-state index in [1.807, 2.05) is 72.8 Å². The van der Waals surface area contributed by atoms with Gasteiger partial charge in [0.05, 0.1) is 7.11 Å². The van der Waals surface area contributed by atoms with Gasteiger partial charge in [-0.1, -0.05) is 78.9 Å². The average molecular weight is 387 g/mol. The number of rotatable bonds is 7. The average Bonchev–Trinajstić information content (AvgIpc) is 2.78. The van der Waals surface area contributed by atoms with Crippen molar-refractivity contribution in [2.75, 3.05) is 7.11 Å². The van der Waals surface area contributed by atoms with Gasteiger partial charge in [0.25, 0.3) is 11.7 Å². The Morgan fingerprint density at radius 2 is 1.41 bits per heavy atom. The molecule has 0 fully saturated rings. The standard InChI is InChI=1S/C24H21NO4/c1-29-24(28)22(26)21(16-17-10-4-2-5-11-17)25-23(27)20-15-9-8-14-19(20)18-12-6-3-7-13-18/h2-15,21H,16H2,1H3,(H,25,27)/t21-/m0/s1. The molecule has 3 aromatic rings. The van der Waals surface area contributed by atoms with Crippen LogP contribution >= 0.6 is 0 Å². The van der Waals surface area contributed by atoms with Gasteiger partial charge in [0, 0.05) is 12.0 Å². The lowest BCUT2D eigenvalue weighted by molar-refractivity contribution is -0.152. The summed E-state index contributed by atoms with van der Waals surface area (Å²) in [6.07, 6.45) is 0.189. The van der Waals surface area contributed by atoms with E-state index in [4.69, 9.17) is 0 Å². The van der Waals surface area contributed by atoms with Gasteiger partial charge in [-0.15, -0.1) is 0 Å². The molecule has 0 bridgehead atoms. The summed E-state index contributed by atoms with van der Waals surface area (Å²) in [5, 5.41) is 2.72. The van der Waals surface area contributed by atoms with E-state index in [-0.39, 0.29) is 6.42 Å². The number of nitrogens with one attached hydrogen (secondary N) is 1. The van der Waals surface area contributed by atoms with Crippen LogP contribution < -0.4 is 5.32 Å².